The zero-order valence-corrected chi connectivity index (χ0v) is 10.1. The lowest BCUT2D eigenvalue weighted by atomic mass is 10.1. The van der Waals surface area contributed by atoms with Crippen LogP contribution in [0.2, 0.25) is 0 Å². The van der Waals surface area contributed by atoms with Crippen molar-refractivity contribution in [3.05, 3.63) is 23.8 Å². The van der Waals surface area contributed by atoms with E-state index in [2.05, 4.69) is 0 Å². The predicted molar refractivity (Wildman–Crippen MR) is 64.2 cm³/mol. The molecule has 1 aromatic rings. The molecule has 0 radical (unpaired) electrons. The quantitative estimate of drug-likeness (QED) is 0.673. The summed E-state index contributed by atoms with van der Waals surface area (Å²) in [6.07, 6.45) is -0.896. The molecule has 1 unspecified atom stereocenters. The first-order valence-corrected chi connectivity index (χ1v) is 5.43. The van der Waals surface area contributed by atoms with Crippen molar-refractivity contribution in [1.82, 2.24) is 0 Å². The molecule has 1 aromatic carbocycles. The fourth-order valence-electron chi connectivity index (χ4n) is 1.33. The maximum Gasteiger partial charge on any atom is 0.161 e. The number of hydrogen-bond donors (Lipinski definition) is 3. The van der Waals surface area contributed by atoms with Gasteiger partial charge >= 0.3 is 0 Å². The maximum atomic E-state index is 9.19. The van der Waals surface area contributed by atoms with Crippen molar-refractivity contribution in [1.29, 1.82) is 0 Å². The molecule has 0 saturated heterocycles. The number of ether oxygens (including phenoxy) is 2. The van der Waals surface area contributed by atoms with Crippen LogP contribution in [0.4, 0.5) is 0 Å². The Morgan fingerprint density at radius 3 is 2.59 bits per heavy atom. The molecular weight excluding hydrogens is 222 g/mol. The van der Waals surface area contributed by atoms with Crippen LogP contribution in [-0.2, 0) is 0 Å². The molecule has 2 atom stereocenters. The van der Waals surface area contributed by atoms with E-state index in [9.17, 15) is 5.11 Å². The number of benzene rings is 1. The summed E-state index contributed by atoms with van der Waals surface area (Å²) in [5.41, 5.74) is 6.70. The first-order valence-electron chi connectivity index (χ1n) is 5.43. The first-order chi connectivity index (χ1) is 8.08. The largest absolute Gasteiger partial charge is 0.493 e. The Labute approximate surface area is 101 Å². The standard InChI is InChI=1S/C12H19NO4/c1-8(13)9-3-4-11(12(5-9)16-2)17-7-10(15)6-14/h3-5,8,10,14-15H,6-7,13H2,1-2H3/t8-,10?/m1/s1. The molecule has 1 rings (SSSR count). The van der Waals surface area contributed by atoms with E-state index in [4.69, 9.17) is 20.3 Å². The molecule has 5 heteroatoms. The van der Waals surface area contributed by atoms with Gasteiger partial charge in [-0.1, -0.05) is 6.07 Å². The Bertz CT molecular complexity index is 354. The van der Waals surface area contributed by atoms with E-state index in [0.29, 0.717) is 11.5 Å². The molecule has 0 aliphatic rings. The highest BCUT2D eigenvalue weighted by Gasteiger charge is 2.10. The highest BCUT2D eigenvalue weighted by atomic mass is 16.5. The molecule has 0 saturated carbocycles. The van der Waals surface area contributed by atoms with Gasteiger partial charge in [0.15, 0.2) is 11.5 Å². The summed E-state index contributed by atoms with van der Waals surface area (Å²) < 4.78 is 10.5. The highest BCUT2D eigenvalue weighted by Crippen LogP contribution is 2.29. The van der Waals surface area contributed by atoms with Crippen LogP contribution in [0.3, 0.4) is 0 Å². The van der Waals surface area contributed by atoms with Gasteiger partial charge < -0.3 is 25.4 Å². The molecule has 0 spiro atoms. The Hall–Kier alpha value is -1.30. The number of aliphatic hydroxyl groups excluding tert-OH is 2. The van der Waals surface area contributed by atoms with Gasteiger partial charge in [-0.05, 0) is 24.6 Å². The van der Waals surface area contributed by atoms with Gasteiger partial charge in [-0.25, -0.2) is 0 Å². The third-order valence-electron chi connectivity index (χ3n) is 2.36. The number of nitrogens with two attached hydrogens (primary N) is 1. The minimum Gasteiger partial charge on any atom is -0.493 e. The van der Waals surface area contributed by atoms with Crippen LogP contribution in [0.5, 0.6) is 11.5 Å². The zero-order chi connectivity index (χ0) is 12.8. The molecule has 0 amide bonds. The van der Waals surface area contributed by atoms with Gasteiger partial charge in [0.1, 0.15) is 12.7 Å². The van der Waals surface area contributed by atoms with Crippen molar-refractivity contribution in [3.63, 3.8) is 0 Å². The van der Waals surface area contributed by atoms with Crippen LogP contribution in [0.15, 0.2) is 18.2 Å². The predicted octanol–water partition coefficient (Wildman–Crippen LogP) is 0.447. The van der Waals surface area contributed by atoms with Crippen LogP contribution in [0.25, 0.3) is 0 Å². The van der Waals surface area contributed by atoms with E-state index >= 15 is 0 Å². The lowest BCUT2D eigenvalue weighted by Crippen LogP contribution is -2.21. The normalized spacial score (nSPS) is 14.2. The molecule has 0 aliphatic heterocycles. The van der Waals surface area contributed by atoms with Gasteiger partial charge in [-0.2, -0.15) is 0 Å². The van der Waals surface area contributed by atoms with E-state index in [-0.39, 0.29) is 19.3 Å². The van der Waals surface area contributed by atoms with Crippen molar-refractivity contribution >= 4 is 0 Å². The van der Waals surface area contributed by atoms with E-state index in [1.54, 1.807) is 12.1 Å². The summed E-state index contributed by atoms with van der Waals surface area (Å²) in [6.45, 7) is 1.56. The fraction of sp³-hybridized carbons (Fsp3) is 0.500. The fourth-order valence-corrected chi connectivity index (χ4v) is 1.33. The van der Waals surface area contributed by atoms with Gasteiger partial charge in [0, 0.05) is 6.04 Å². The Balaban J connectivity index is 2.78. The van der Waals surface area contributed by atoms with E-state index < -0.39 is 6.10 Å². The molecule has 5 nitrogen and oxygen atoms in total. The van der Waals surface area contributed by atoms with Gasteiger partial charge in [0.2, 0.25) is 0 Å². The first kappa shape index (κ1) is 13.8. The van der Waals surface area contributed by atoms with Crippen molar-refractivity contribution in [2.75, 3.05) is 20.3 Å². The summed E-state index contributed by atoms with van der Waals surface area (Å²) in [4.78, 5) is 0. The van der Waals surface area contributed by atoms with Crippen molar-refractivity contribution in [2.24, 2.45) is 5.73 Å². The minimum absolute atomic E-state index is 0.0182. The Kier molecular flexibility index (Phi) is 5.21. The smallest absolute Gasteiger partial charge is 0.161 e. The lowest BCUT2D eigenvalue weighted by molar-refractivity contribution is 0.0527. The molecule has 0 aromatic heterocycles. The van der Waals surface area contributed by atoms with Gasteiger partial charge in [-0.3, -0.25) is 0 Å². The molecule has 0 bridgehead atoms. The number of rotatable bonds is 6. The molecule has 17 heavy (non-hydrogen) atoms. The SMILES string of the molecule is COc1cc([C@@H](C)N)ccc1OCC(O)CO. The Morgan fingerprint density at radius 1 is 1.35 bits per heavy atom. The van der Waals surface area contributed by atoms with Crippen molar-refractivity contribution in [2.45, 2.75) is 19.1 Å². The average molecular weight is 241 g/mol. The Morgan fingerprint density at radius 2 is 2.06 bits per heavy atom. The number of hydrogen-bond acceptors (Lipinski definition) is 5. The third kappa shape index (κ3) is 3.89. The molecule has 0 aliphatic carbocycles. The molecular formula is C12H19NO4. The molecule has 0 heterocycles. The third-order valence-corrected chi connectivity index (χ3v) is 2.36. The van der Waals surface area contributed by atoms with Crippen molar-refractivity contribution in [3.8, 4) is 11.5 Å². The van der Waals surface area contributed by atoms with Crippen molar-refractivity contribution < 1.29 is 19.7 Å². The minimum atomic E-state index is -0.896. The van der Waals surface area contributed by atoms with Crippen LogP contribution < -0.4 is 15.2 Å². The topological polar surface area (TPSA) is 84.9 Å². The summed E-state index contributed by atoms with van der Waals surface area (Å²) in [5, 5.41) is 17.9. The van der Waals surface area contributed by atoms with Crippen LogP contribution in [0, 0.1) is 0 Å². The van der Waals surface area contributed by atoms with E-state index in [0.717, 1.165) is 5.56 Å². The number of aliphatic hydroxyl groups is 2. The second kappa shape index (κ2) is 6.44. The second-order valence-electron chi connectivity index (χ2n) is 3.85. The van der Waals surface area contributed by atoms with Gasteiger partial charge in [0.05, 0.1) is 13.7 Å². The zero-order valence-electron chi connectivity index (χ0n) is 10.1. The molecule has 0 fully saturated rings. The van der Waals surface area contributed by atoms with Crippen LogP contribution in [0.1, 0.15) is 18.5 Å². The summed E-state index contributed by atoms with van der Waals surface area (Å²) in [7, 11) is 1.54. The second-order valence-corrected chi connectivity index (χ2v) is 3.85. The van der Waals surface area contributed by atoms with E-state index in [1.807, 2.05) is 13.0 Å². The lowest BCUT2D eigenvalue weighted by Gasteiger charge is -2.15. The maximum absolute atomic E-state index is 9.19. The van der Waals surface area contributed by atoms with Gasteiger partial charge in [-0.15, -0.1) is 0 Å². The summed E-state index contributed by atoms with van der Waals surface area (Å²) in [6, 6.07) is 5.29. The van der Waals surface area contributed by atoms with Gasteiger partial charge in [0.25, 0.3) is 0 Å². The highest BCUT2D eigenvalue weighted by molar-refractivity contribution is 5.43. The van der Waals surface area contributed by atoms with Crippen LogP contribution >= 0.6 is 0 Å². The summed E-state index contributed by atoms with van der Waals surface area (Å²) in [5.74, 6) is 1.08. The average Bonchev–Trinajstić information content (AvgIpc) is 2.35. The van der Waals surface area contributed by atoms with E-state index in [1.165, 1.54) is 7.11 Å². The number of methoxy groups -OCH3 is 1. The monoisotopic (exact) mass is 241 g/mol. The summed E-state index contributed by atoms with van der Waals surface area (Å²) >= 11 is 0. The molecule has 4 N–H and O–H groups in total. The van der Waals surface area contributed by atoms with Crippen LogP contribution in [-0.4, -0.2) is 36.6 Å². The molecule has 96 valence electrons.